The maximum Gasteiger partial charge on any atom is 0.490 e. The number of nitrogens with zero attached hydrogens (tertiary/aromatic N) is 1. The number of hydrogen-bond acceptors (Lipinski definition) is 5. The lowest BCUT2D eigenvalue weighted by Gasteiger charge is -2.32. The molecule has 0 saturated carbocycles. The average molecular weight is 317 g/mol. The summed E-state index contributed by atoms with van der Waals surface area (Å²) in [6, 6.07) is 5.68. The van der Waals surface area contributed by atoms with Crippen molar-refractivity contribution in [2.24, 2.45) is 0 Å². The molecular formula is C17H24BNO4. The molecule has 3 rings (SSSR count). The highest BCUT2D eigenvalue weighted by Crippen LogP contribution is 2.40. The Balaban J connectivity index is 1.82. The highest BCUT2D eigenvalue weighted by atomic mass is 16.7. The second-order valence-corrected chi connectivity index (χ2v) is 6.98. The van der Waals surface area contributed by atoms with Crippen LogP contribution in [0.3, 0.4) is 0 Å². The first-order chi connectivity index (χ1) is 10.8. The summed E-state index contributed by atoms with van der Waals surface area (Å²) in [7, 11) is 1.29. The van der Waals surface area contributed by atoms with E-state index in [1.807, 2.05) is 18.2 Å². The molecule has 0 aliphatic carbocycles. The van der Waals surface area contributed by atoms with E-state index in [0.29, 0.717) is 12.5 Å². The van der Waals surface area contributed by atoms with Gasteiger partial charge in [-0.1, -0.05) is 12.1 Å². The maximum atomic E-state index is 6.14. The van der Waals surface area contributed by atoms with Crippen molar-refractivity contribution in [2.75, 3.05) is 13.7 Å². The van der Waals surface area contributed by atoms with Crippen LogP contribution in [0.4, 0.5) is 0 Å². The van der Waals surface area contributed by atoms with Crippen LogP contribution < -0.4 is 4.74 Å². The normalized spacial score (nSPS) is 26.0. The van der Waals surface area contributed by atoms with Gasteiger partial charge in [-0.3, -0.25) is 0 Å². The molecular weight excluding hydrogens is 293 g/mol. The van der Waals surface area contributed by atoms with Gasteiger partial charge in [-0.15, -0.1) is 0 Å². The van der Waals surface area contributed by atoms with E-state index < -0.39 is 0 Å². The molecule has 0 bridgehead atoms. The monoisotopic (exact) mass is 317 g/mol. The van der Waals surface area contributed by atoms with E-state index in [1.165, 1.54) is 0 Å². The van der Waals surface area contributed by atoms with E-state index in [9.17, 15) is 0 Å². The molecule has 6 heteroatoms. The summed E-state index contributed by atoms with van der Waals surface area (Å²) >= 11 is 0. The summed E-state index contributed by atoms with van der Waals surface area (Å²) in [4.78, 5) is 4.46. The van der Waals surface area contributed by atoms with Gasteiger partial charge < -0.3 is 18.8 Å². The molecule has 1 aromatic heterocycles. The van der Waals surface area contributed by atoms with Gasteiger partial charge in [0.15, 0.2) is 0 Å². The van der Waals surface area contributed by atoms with Gasteiger partial charge in [0.05, 0.1) is 30.6 Å². The van der Waals surface area contributed by atoms with Gasteiger partial charge in [-0.25, -0.2) is 4.98 Å². The molecule has 0 radical (unpaired) electrons. The first kappa shape index (κ1) is 16.5. The third kappa shape index (κ3) is 3.16. The van der Waals surface area contributed by atoms with Crippen molar-refractivity contribution in [3.05, 3.63) is 35.4 Å². The Labute approximate surface area is 138 Å². The zero-order valence-electron chi connectivity index (χ0n) is 14.5. The van der Waals surface area contributed by atoms with E-state index in [2.05, 4.69) is 38.8 Å². The molecule has 3 heterocycles. The number of aromatic nitrogens is 1. The molecule has 0 spiro atoms. The molecule has 0 N–H and O–H groups in total. The third-order valence-corrected chi connectivity index (χ3v) is 4.86. The van der Waals surface area contributed by atoms with Crippen molar-refractivity contribution in [3.63, 3.8) is 0 Å². The summed E-state index contributed by atoms with van der Waals surface area (Å²) in [5, 5.41) is 0. The topological polar surface area (TPSA) is 49.8 Å². The first-order valence-corrected chi connectivity index (χ1v) is 8.01. The molecule has 1 fully saturated rings. The third-order valence-electron chi connectivity index (χ3n) is 4.86. The van der Waals surface area contributed by atoms with E-state index in [1.54, 1.807) is 7.11 Å². The lowest BCUT2D eigenvalue weighted by atomic mass is 9.74. The summed E-state index contributed by atoms with van der Waals surface area (Å²) in [5.41, 5.74) is 1.28. The minimum atomic E-state index is -0.333. The van der Waals surface area contributed by atoms with E-state index >= 15 is 0 Å². The molecule has 0 aromatic carbocycles. The van der Waals surface area contributed by atoms with Gasteiger partial charge in [0.25, 0.3) is 0 Å². The molecule has 1 atom stereocenters. The van der Waals surface area contributed by atoms with Crippen LogP contribution in [0.15, 0.2) is 29.7 Å². The van der Waals surface area contributed by atoms with E-state index in [-0.39, 0.29) is 24.4 Å². The minimum Gasteiger partial charge on any atom is -0.481 e. The average Bonchev–Trinajstić information content (AvgIpc) is 2.76. The van der Waals surface area contributed by atoms with Crippen molar-refractivity contribution in [1.29, 1.82) is 0 Å². The molecule has 23 heavy (non-hydrogen) atoms. The Bertz CT molecular complexity index is 598. The van der Waals surface area contributed by atoms with Gasteiger partial charge >= 0.3 is 7.12 Å². The van der Waals surface area contributed by atoms with Crippen LogP contribution in [-0.2, 0) is 14.0 Å². The smallest absolute Gasteiger partial charge is 0.481 e. The zero-order valence-corrected chi connectivity index (χ0v) is 14.5. The predicted molar refractivity (Wildman–Crippen MR) is 88.3 cm³/mol. The van der Waals surface area contributed by atoms with Crippen molar-refractivity contribution < 1.29 is 18.8 Å². The lowest BCUT2D eigenvalue weighted by molar-refractivity contribution is 0.00578. The Morgan fingerprint density at radius 2 is 1.87 bits per heavy atom. The van der Waals surface area contributed by atoms with Gasteiger partial charge in [-0.05, 0) is 45.7 Å². The number of methoxy groups -OCH3 is 1. The highest BCUT2D eigenvalue weighted by Gasteiger charge is 2.52. The Hall–Kier alpha value is -1.37. The molecule has 5 nitrogen and oxygen atoms in total. The van der Waals surface area contributed by atoms with Crippen LogP contribution >= 0.6 is 0 Å². The number of ether oxygens (including phenoxy) is 2. The predicted octanol–water partition coefficient (Wildman–Crippen LogP) is 3.11. The molecule has 0 amide bonds. The van der Waals surface area contributed by atoms with Gasteiger partial charge in [0, 0.05) is 6.07 Å². The van der Waals surface area contributed by atoms with Crippen molar-refractivity contribution in [3.8, 4) is 5.88 Å². The largest absolute Gasteiger partial charge is 0.490 e. The lowest BCUT2D eigenvalue weighted by Crippen LogP contribution is -2.41. The fourth-order valence-corrected chi connectivity index (χ4v) is 2.69. The molecule has 1 saturated heterocycles. The van der Waals surface area contributed by atoms with Gasteiger partial charge in [0.2, 0.25) is 5.88 Å². The first-order valence-electron chi connectivity index (χ1n) is 8.01. The fraction of sp³-hybridized carbons (Fsp3) is 0.588. The maximum absolute atomic E-state index is 6.14. The van der Waals surface area contributed by atoms with Gasteiger partial charge in [0.1, 0.15) is 6.10 Å². The fourth-order valence-electron chi connectivity index (χ4n) is 2.69. The second kappa shape index (κ2) is 5.93. The minimum absolute atomic E-state index is 0.201. The van der Waals surface area contributed by atoms with Gasteiger partial charge in [-0.2, -0.15) is 0 Å². The summed E-state index contributed by atoms with van der Waals surface area (Å²) in [6.45, 7) is 8.88. The summed E-state index contributed by atoms with van der Waals surface area (Å²) in [6.07, 6.45) is 2.66. The quantitative estimate of drug-likeness (QED) is 0.802. The number of rotatable bonds is 3. The summed E-state index contributed by atoms with van der Waals surface area (Å²) in [5.74, 6) is 0.585. The van der Waals surface area contributed by atoms with E-state index in [4.69, 9.17) is 18.8 Å². The van der Waals surface area contributed by atoms with Crippen LogP contribution in [0.1, 0.15) is 45.9 Å². The molecule has 1 unspecified atom stereocenters. The van der Waals surface area contributed by atoms with Crippen LogP contribution in [-0.4, -0.2) is 37.0 Å². The van der Waals surface area contributed by atoms with Crippen LogP contribution in [0.5, 0.6) is 5.88 Å². The van der Waals surface area contributed by atoms with E-state index in [0.717, 1.165) is 17.6 Å². The number of pyridine rings is 1. The SMILES string of the molecule is COc1cccc(C2C=C(B3OC(C)(C)C(C)(C)O3)CCO2)n1. The van der Waals surface area contributed by atoms with Crippen molar-refractivity contribution >= 4 is 7.12 Å². The van der Waals surface area contributed by atoms with Crippen molar-refractivity contribution in [2.45, 2.75) is 51.4 Å². The second-order valence-electron chi connectivity index (χ2n) is 6.98. The summed E-state index contributed by atoms with van der Waals surface area (Å²) < 4.78 is 23.3. The standard InChI is InChI=1S/C17H24BNO4/c1-16(2)17(3,4)23-18(22-16)12-9-10-21-14(11-12)13-7-6-8-15(19-13)20-5/h6-8,11,14H,9-10H2,1-5H3. The van der Waals surface area contributed by atoms with Crippen LogP contribution in [0, 0.1) is 0 Å². The molecule has 1 aromatic rings. The Kier molecular flexibility index (Phi) is 4.25. The highest BCUT2D eigenvalue weighted by molar-refractivity contribution is 6.54. The molecule has 2 aliphatic rings. The van der Waals surface area contributed by atoms with Crippen LogP contribution in [0.25, 0.3) is 0 Å². The number of hydrogen-bond donors (Lipinski definition) is 0. The zero-order chi connectivity index (χ0) is 16.7. The Morgan fingerprint density at radius 1 is 1.17 bits per heavy atom. The van der Waals surface area contributed by atoms with Crippen molar-refractivity contribution in [1.82, 2.24) is 4.98 Å². The molecule has 124 valence electrons. The molecule has 2 aliphatic heterocycles. The Morgan fingerprint density at radius 3 is 2.52 bits per heavy atom. The van der Waals surface area contributed by atoms with Crippen LogP contribution in [0.2, 0.25) is 0 Å².